The molecule has 0 aromatic heterocycles. The van der Waals surface area contributed by atoms with Crippen molar-refractivity contribution < 1.29 is 14.6 Å². The highest BCUT2D eigenvalue weighted by molar-refractivity contribution is 5.68. The molecule has 0 spiro atoms. The molecule has 0 aliphatic carbocycles. The molecule has 1 atom stereocenters. The maximum Gasteiger partial charge on any atom is 0.119 e. The van der Waals surface area contributed by atoms with Crippen LogP contribution in [0.2, 0.25) is 0 Å². The fraction of sp³-hybridized carbons (Fsp3) is 0.280. The van der Waals surface area contributed by atoms with E-state index in [1.54, 1.807) is 0 Å². The Labute approximate surface area is 188 Å². The Hall–Kier alpha value is -3.42. The van der Waals surface area contributed by atoms with E-state index < -0.39 is 0 Å². The molecule has 0 bridgehead atoms. The van der Waals surface area contributed by atoms with E-state index in [-0.39, 0.29) is 12.8 Å². The summed E-state index contributed by atoms with van der Waals surface area (Å²) >= 11 is 0. The van der Waals surface area contributed by atoms with Gasteiger partial charge in [0.05, 0.1) is 6.61 Å². The van der Waals surface area contributed by atoms with E-state index in [0.29, 0.717) is 13.2 Å². The number of ether oxygens (including phenoxy) is 2. The molecule has 1 aliphatic rings. The molecule has 2 N–H and O–H groups in total. The van der Waals surface area contributed by atoms with Crippen LogP contribution >= 0.6 is 0 Å². The zero-order valence-corrected chi connectivity index (χ0v) is 18.1. The van der Waals surface area contributed by atoms with Gasteiger partial charge >= 0.3 is 0 Å². The van der Waals surface area contributed by atoms with Crippen molar-refractivity contribution in [3.05, 3.63) is 88.8 Å². The van der Waals surface area contributed by atoms with Crippen molar-refractivity contribution in [1.29, 1.82) is 0 Å². The minimum Gasteiger partial charge on any atom is -0.528 e. The van der Waals surface area contributed by atoms with E-state index in [2.05, 4.69) is 64.6 Å². The number of aliphatic hydroxyl groups excluding tert-OH is 1. The van der Waals surface area contributed by atoms with Crippen molar-refractivity contribution in [3.8, 4) is 22.6 Å². The fourth-order valence-corrected chi connectivity index (χ4v) is 3.59. The van der Waals surface area contributed by atoms with Gasteiger partial charge in [-0.25, -0.2) is 0 Å². The molecule has 166 valence electrons. The van der Waals surface area contributed by atoms with Crippen LogP contribution in [0.15, 0.2) is 77.1 Å². The van der Waals surface area contributed by atoms with Crippen molar-refractivity contribution in [1.82, 2.24) is 5.53 Å². The standard InChI is InChI=1S/C25H27N4O3/c1-18-15-23(31-14-13-30)10-11-24(18)21-4-2-3-20(16-21)17-32-22-8-5-19(6-9-22)7-12-25-26-28-29-27-25/h2-6,8-11,15-16,25,30H,7,12-14,17H2,1H3,(H-,26,27,28,29)/q-1. The van der Waals surface area contributed by atoms with Gasteiger partial charge in [0.2, 0.25) is 0 Å². The summed E-state index contributed by atoms with van der Waals surface area (Å²) in [4.78, 5) is 0. The first-order valence-electron chi connectivity index (χ1n) is 10.7. The second-order valence-electron chi connectivity index (χ2n) is 7.65. The SMILES string of the molecule is Cc1cc(OCCO)ccc1-c1cccc(COc2ccc(CCC3N=NN[N-]3)cc2)c1. The number of hydrogen-bond donors (Lipinski definition) is 2. The summed E-state index contributed by atoms with van der Waals surface area (Å²) in [7, 11) is 0. The first-order valence-corrected chi connectivity index (χ1v) is 10.7. The Morgan fingerprint density at radius 1 is 0.969 bits per heavy atom. The smallest absolute Gasteiger partial charge is 0.119 e. The molecule has 0 saturated heterocycles. The zero-order valence-electron chi connectivity index (χ0n) is 18.1. The highest BCUT2D eigenvalue weighted by atomic mass is 16.5. The highest BCUT2D eigenvalue weighted by Crippen LogP contribution is 2.28. The van der Waals surface area contributed by atoms with Gasteiger partial charge in [0, 0.05) is 0 Å². The van der Waals surface area contributed by atoms with Gasteiger partial charge in [0.25, 0.3) is 0 Å². The lowest BCUT2D eigenvalue weighted by Gasteiger charge is -2.17. The summed E-state index contributed by atoms with van der Waals surface area (Å²) in [5, 5.41) is 16.6. The quantitative estimate of drug-likeness (QED) is 0.466. The van der Waals surface area contributed by atoms with Crippen LogP contribution < -0.4 is 15.0 Å². The molecule has 1 unspecified atom stereocenters. The average Bonchev–Trinajstić information content (AvgIpc) is 3.35. The summed E-state index contributed by atoms with van der Waals surface area (Å²) in [5.74, 6) is 1.61. The normalized spacial score (nSPS) is 14.9. The third-order valence-electron chi connectivity index (χ3n) is 5.26. The highest BCUT2D eigenvalue weighted by Gasteiger charge is 2.06. The maximum atomic E-state index is 8.92. The Balaban J connectivity index is 1.34. The van der Waals surface area contributed by atoms with Crippen LogP contribution in [0.3, 0.4) is 0 Å². The van der Waals surface area contributed by atoms with Crippen LogP contribution in [0.1, 0.15) is 23.1 Å². The van der Waals surface area contributed by atoms with E-state index in [1.807, 2.05) is 30.3 Å². The lowest BCUT2D eigenvalue weighted by molar-refractivity contribution is 0.201. The van der Waals surface area contributed by atoms with E-state index in [4.69, 9.17) is 14.6 Å². The maximum absolute atomic E-state index is 8.92. The molecule has 1 heterocycles. The van der Waals surface area contributed by atoms with Crippen LogP contribution in [0.25, 0.3) is 16.6 Å². The first-order chi connectivity index (χ1) is 15.7. The first kappa shape index (κ1) is 21.8. The second-order valence-corrected chi connectivity index (χ2v) is 7.65. The fourth-order valence-electron chi connectivity index (χ4n) is 3.59. The lowest BCUT2D eigenvalue weighted by Crippen LogP contribution is -2.04. The summed E-state index contributed by atoms with van der Waals surface area (Å²) in [6, 6.07) is 22.5. The number of nitrogens with zero attached hydrogens (tertiary/aromatic N) is 3. The molecule has 0 radical (unpaired) electrons. The average molecular weight is 432 g/mol. The third kappa shape index (κ3) is 5.84. The molecule has 0 saturated carbocycles. The van der Waals surface area contributed by atoms with Gasteiger partial charge < -0.3 is 25.5 Å². The summed E-state index contributed by atoms with van der Waals surface area (Å²) < 4.78 is 11.5. The predicted molar refractivity (Wildman–Crippen MR) is 123 cm³/mol. The summed E-state index contributed by atoms with van der Waals surface area (Å²) in [6.07, 6.45) is 1.63. The number of rotatable bonds is 10. The van der Waals surface area contributed by atoms with Crippen LogP contribution in [0.5, 0.6) is 11.5 Å². The van der Waals surface area contributed by atoms with E-state index in [1.165, 1.54) is 5.56 Å². The molecule has 0 fully saturated rings. The van der Waals surface area contributed by atoms with Crippen molar-refractivity contribution >= 4 is 0 Å². The summed E-state index contributed by atoms with van der Waals surface area (Å²) in [6.45, 7) is 2.86. The lowest BCUT2D eigenvalue weighted by atomic mass is 9.99. The molecule has 1 aliphatic heterocycles. The molecule has 0 amide bonds. The topological polar surface area (TPSA) is 89.5 Å². The number of aliphatic hydroxyl groups is 1. The van der Waals surface area contributed by atoms with Gasteiger partial charge in [-0.05, 0) is 84.1 Å². The van der Waals surface area contributed by atoms with Crippen molar-refractivity contribution in [2.24, 2.45) is 10.3 Å². The third-order valence-corrected chi connectivity index (χ3v) is 5.26. The van der Waals surface area contributed by atoms with Gasteiger partial charge in [0.1, 0.15) is 24.7 Å². The molecule has 32 heavy (non-hydrogen) atoms. The minimum absolute atomic E-state index is 0.00671. The molecular formula is C25H27N4O3-. The van der Waals surface area contributed by atoms with Crippen molar-refractivity contribution in [2.75, 3.05) is 13.2 Å². The number of hydrogen-bond acceptors (Lipinski definition) is 6. The number of benzene rings is 3. The van der Waals surface area contributed by atoms with Gasteiger partial charge in [-0.2, -0.15) is 5.11 Å². The second kappa shape index (κ2) is 10.7. The Morgan fingerprint density at radius 2 is 1.81 bits per heavy atom. The molecule has 7 nitrogen and oxygen atoms in total. The van der Waals surface area contributed by atoms with Crippen LogP contribution in [-0.2, 0) is 13.0 Å². The zero-order chi connectivity index (χ0) is 22.2. The van der Waals surface area contributed by atoms with Crippen LogP contribution in [-0.4, -0.2) is 24.5 Å². The van der Waals surface area contributed by atoms with Gasteiger partial charge in [0.15, 0.2) is 0 Å². The van der Waals surface area contributed by atoms with Gasteiger partial charge in [-0.15, -0.1) is 0 Å². The van der Waals surface area contributed by atoms with Crippen molar-refractivity contribution in [3.63, 3.8) is 0 Å². The van der Waals surface area contributed by atoms with E-state index in [9.17, 15) is 0 Å². The monoisotopic (exact) mass is 431 g/mol. The Kier molecular flexibility index (Phi) is 7.32. The van der Waals surface area contributed by atoms with Crippen molar-refractivity contribution in [2.45, 2.75) is 32.5 Å². The largest absolute Gasteiger partial charge is 0.528 e. The molecule has 3 aromatic rings. The molecule has 3 aromatic carbocycles. The number of aryl methyl sites for hydroxylation is 2. The van der Waals surface area contributed by atoms with Crippen LogP contribution in [0, 0.1) is 6.92 Å². The molecule has 4 rings (SSSR count). The van der Waals surface area contributed by atoms with E-state index in [0.717, 1.165) is 46.6 Å². The van der Waals surface area contributed by atoms with Gasteiger partial charge in [-0.1, -0.05) is 41.6 Å². The minimum atomic E-state index is -0.0916. The predicted octanol–water partition coefficient (Wildman–Crippen LogP) is 5.13. The van der Waals surface area contributed by atoms with Crippen LogP contribution in [0.4, 0.5) is 0 Å². The van der Waals surface area contributed by atoms with Gasteiger partial charge in [-0.3, -0.25) is 0 Å². The number of nitrogens with one attached hydrogen (secondary N) is 1. The summed E-state index contributed by atoms with van der Waals surface area (Å²) in [5.41, 5.74) is 12.3. The Morgan fingerprint density at radius 3 is 2.56 bits per heavy atom. The Bertz CT molecular complexity index is 1050. The molecule has 7 heteroatoms. The molecular weight excluding hydrogens is 404 g/mol. The van der Waals surface area contributed by atoms with E-state index >= 15 is 0 Å².